The molecule has 134 valence electrons. The molecule has 2 atom stereocenters. The van der Waals surface area contributed by atoms with Crippen LogP contribution in [0.5, 0.6) is 0 Å². The molecule has 9 nitrogen and oxygen atoms in total. The molecular weight excluding hydrogens is 316 g/mol. The number of carboxylic acids is 2. The van der Waals surface area contributed by atoms with Gasteiger partial charge >= 0.3 is 0 Å². The zero-order chi connectivity index (χ0) is 16.3. The van der Waals surface area contributed by atoms with Crippen LogP contribution in [0.4, 0.5) is 0 Å². The topological polar surface area (TPSA) is 215 Å². The highest BCUT2D eigenvalue weighted by molar-refractivity contribution is 5.84. The first-order valence-corrected chi connectivity index (χ1v) is 6.79. The lowest BCUT2D eigenvalue weighted by molar-refractivity contribution is -0.326. The molecule has 9 heteroatoms. The van der Waals surface area contributed by atoms with Gasteiger partial charge in [0.15, 0.2) is 0 Å². The molecule has 0 aliphatic carbocycles. The van der Waals surface area contributed by atoms with Crippen LogP contribution in [0.25, 0.3) is 10.9 Å². The van der Waals surface area contributed by atoms with Crippen molar-refractivity contribution in [2.75, 3.05) is 0 Å². The van der Waals surface area contributed by atoms with Crippen LogP contribution < -0.4 is 28.2 Å². The number of hydrogen-bond acceptors (Lipinski definition) is 6. The Bertz CT molecular complexity index is 702. The monoisotopic (exact) mass is 340 g/mol. The number of nitrogens with one attached hydrogen (secondary N) is 1. The van der Waals surface area contributed by atoms with Crippen LogP contribution in [0, 0.1) is 0 Å². The number of para-hydroxylation sites is 1. The van der Waals surface area contributed by atoms with Crippen LogP contribution in [0.3, 0.4) is 0 Å². The van der Waals surface area contributed by atoms with E-state index in [1.54, 1.807) is 18.3 Å². The fraction of sp³-hybridized carbons (Fsp3) is 0.333. The normalized spacial score (nSPS) is 14.1. The van der Waals surface area contributed by atoms with Crippen molar-refractivity contribution in [3.63, 3.8) is 0 Å². The number of aromatic amines is 1. The Hall–Kier alpha value is -2.46. The average molecular weight is 340 g/mol. The number of nitrogens with two attached hydrogens (primary N) is 1. The molecule has 0 bridgehead atoms. The lowest BCUT2D eigenvalue weighted by Crippen LogP contribution is -2.51. The molecule has 1 aromatic heterocycles. The zero-order valence-electron chi connectivity index (χ0n) is 13.7. The summed E-state index contributed by atoms with van der Waals surface area (Å²) in [5.74, 6) is -3.16. The Morgan fingerprint density at radius 3 is 2.46 bits per heavy atom. The molecule has 0 aliphatic rings. The molecule has 2 aromatic rings. The van der Waals surface area contributed by atoms with Crippen molar-refractivity contribution in [2.45, 2.75) is 30.9 Å². The van der Waals surface area contributed by atoms with Crippen molar-refractivity contribution >= 4 is 22.8 Å². The van der Waals surface area contributed by atoms with Crippen molar-refractivity contribution in [1.29, 1.82) is 0 Å². The molecular formula is C15H24N4O5. The van der Waals surface area contributed by atoms with Crippen LogP contribution in [-0.2, 0) is 16.0 Å². The summed E-state index contributed by atoms with van der Waals surface area (Å²) in [4.78, 5) is 24.9. The number of carbonyl (C=O) groups excluding carboxylic acids is 2. The number of fused-ring (bicyclic) bond motifs is 1. The minimum Gasteiger partial charge on any atom is -0.548 e. The molecule has 24 heavy (non-hydrogen) atoms. The van der Waals surface area contributed by atoms with E-state index in [-0.39, 0.29) is 31.6 Å². The number of H-pyrrole nitrogens is 1. The van der Waals surface area contributed by atoms with Crippen molar-refractivity contribution < 1.29 is 24.9 Å². The van der Waals surface area contributed by atoms with Crippen LogP contribution in [0.2, 0.25) is 0 Å². The molecule has 0 amide bonds. The highest BCUT2D eigenvalue weighted by Crippen LogP contribution is 2.25. The molecule has 1 unspecified atom stereocenters. The second kappa shape index (κ2) is 8.41. The Balaban J connectivity index is 0.00000264. The van der Waals surface area contributed by atoms with E-state index in [0.717, 1.165) is 10.9 Å². The van der Waals surface area contributed by atoms with Gasteiger partial charge in [-0.3, -0.25) is 0 Å². The molecule has 12 N–H and O–H groups in total. The Morgan fingerprint density at radius 2 is 1.88 bits per heavy atom. The van der Waals surface area contributed by atoms with Gasteiger partial charge in [-0.05, 0) is 24.5 Å². The van der Waals surface area contributed by atoms with Crippen LogP contribution in [0.15, 0.2) is 30.5 Å². The Labute approximate surface area is 138 Å². The highest BCUT2D eigenvalue weighted by atomic mass is 16.4. The van der Waals surface area contributed by atoms with Gasteiger partial charge in [-0.25, -0.2) is 0 Å². The lowest BCUT2D eigenvalue weighted by Gasteiger charge is -2.30. The highest BCUT2D eigenvalue weighted by Gasteiger charge is 2.30. The summed E-state index contributed by atoms with van der Waals surface area (Å²) in [6, 6.07) is 5.90. The SMILES string of the molecule is NC(CC[C@@](O)(Cc1c[nH]c2ccccc12)C(=O)[O-])C(=O)[O-].[NH4+].[NH4+]. The fourth-order valence-electron chi connectivity index (χ4n) is 2.37. The summed E-state index contributed by atoms with van der Waals surface area (Å²) < 4.78 is 0. The predicted octanol–water partition coefficient (Wildman–Crippen LogP) is -1.20. The van der Waals surface area contributed by atoms with E-state index in [4.69, 9.17) is 5.73 Å². The maximum absolute atomic E-state index is 11.3. The molecule has 0 spiro atoms. The summed E-state index contributed by atoms with van der Waals surface area (Å²) in [5.41, 5.74) is 4.51. The maximum Gasteiger partial charge on any atom is 0.108 e. The first-order chi connectivity index (χ1) is 10.3. The van der Waals surface area contributed by atoms with Gasteiger partial charge in [-0.1, -0.05) is 18.2 Å². The molecule has 0 saturated carbocycles. The van der Waals surface area contributed by atoms with Crippen molar-refractivity contribution in [3.8, 4) is 0 Å². The van der Waals surface area contributed by atoms with Gasteiger partial charge in [-0.15, -0.1) is 0 Å². The Kier molecular flexibility index (Phi) is 7.55. The number of rotatable bonds is 7. The third-order valence-corrected chi connectivity index (χ3v) is 3.71. The number of aromatic nitrogens is 1. The van der Waals surface area contributed by atoms with Crippen LogP contribution in [0.1, 0.15) is 18.4 Å². The van der Waals surface area contributed by atoms with E-state index in [1.807, 2.05) is 12.1 Å². The third kappa shape index (κ3) is 4.52. The summed E-state index contributed by atoms with van der Waals surface area (Å²) >= 11 is 0. The molecule has 0 radical (unpaired) electrons. The first kappa shape index (κ1) is 21.5. The number of aliphatic hydroxyl groups is 1. The van der Waals surface area contributed by atoms with Crippen molar-refractivity contribution in [3.05, 3.63) is 36.0 Å². The van der Waals surface area contributed by atoms with Crippen LogP contribution in [-0.4, -0.2) is 33.7 Å². The molecule has 0 saturated heterocycles. The van der Waals surface area contributed by atoms with Gasteiger partial charge in [0.05, 0.1) is 11.9 Å². The second-order valence-corrected chi connectivity index (χ2v) is 5.32. The van der Waals surface area contributed by atoms with Gasteiger partial charge in [0.2, 0.25) is 0 Å². The quantitative estimate of drug-likeness (QED) is 0.416. The summed E-state index contributed by atoms with van der Waals surface area (Å²) in [5, 5.41) is 33.0. The third-order valence-electron chi connectivity index (χ3n) is 3.71. The average Bonchev–Trinajstić information content (AvgIpc) is 2.87. The van der Waals surface area contributed by atoms with E-state index in [0.29, 0.717) is 5.56 Å². The van der Waals surface area contributed by atoms with E-state index >= 15 is 0 Å². The maximum atomic E-state index is 11.3. The molecule has 1 heterocycles. The summed E-state index contributed by atoms with van der Waals surface area (Å²) in [6.07, 6.45) is 0.829. The molecule has 1 aromatic carbocycles. The standard InChI is InChI=1S/C15H18N2O5.2H3N/c16-11(13(18)19)5-6-15(22,14(20)21)7-9-8-17-12-4-2-1-3-10(9)12;;/h1-4,8,11,17,22H,5-7,16H2,(H,18,19)(H,20,21);2*1H3/t11?,15-;;/m1../s1. The largest absolute Gasteiger partial charge is 0.548 e. The Morgan fingerprint density at radius 1 is 1.25 bits per heavy atom. The number of carbonyl (C=O) groups is 2. The fourth-order valence-corrected chi connectivity index (χ4v) is 2.37. The summed E-state index contributed by atoms with van der Waals surface area (Å²) in [7, 11) is 0. The zero-order valence-corrected chi connectivity index (χ0v) is 13.7. The minimum atomic E-state index is -2.20. The minimum absolute atomic E-state index is 0. The van der Waals surface area contributed by atoms with Gasteiger partial charge in [0.1, 0.15) is 5.60 Å². The van der Waals surface area contributed by atoms with Gasteiger partial charge < -0.3 is 47.9 Å². The second-order valence-electron chi connectivity index (χ2n) is 5.32. The lowest BCUT2D eigenvalue weighted by atomic mass is 9.88. The predicted molar refractivity (Wildman–Crippen MR) is 86.1 cm³/mol. The summed E-state index contributed by atoms with van der Waals surface area (Å²) in [6.45, 7) is 0. The van der Waals surface area contributed by atoms with E-state index in [9.17, 15) is 24.9 Å². The number of aliphatic carboxylic acids is 2. The smallest absolute Gasteiger partial charge is 0.108 e. The van der Waals surface area contributed by atoms with Gasteiger partial charge in [0, 0.05) is 29.6 Å². The molecule has 0 aliphatic heterocycles. The number of quaternary nitrogens is 2. The number of benzene rings is 1. The number of hydrogen-bond donors (Lipinski definition) is 5. The van der Waals surface area contributed by atoms with Gasteiger partial charge in [0.25, 0.3) is 0 Å². The molecule has 2 rings (SSSR count). The van der Waals surface area contributed by atoms with Gasteiger partial charge in [-0.2, -0.15) is 0 Å². The van der Waals surface area contributed by atoms with E-state index in [1.165, 1.54) is 0 Å². The van der Waals surface area contributed by atoms with Crippen molar-refractivity contribution in [2.24, 2.45) is 5.73 Å². The van der Waals surface area contributed by atoms with Crippen molar-refractivity contribution in [1.82, 2.24) is 17.3 Å². The number of carboxylic acid groups (broad SMARTS) is 2. The molecule has 0 fully saturated rings. The van der Waals surface area contributed by atoms with Crippen LogP contribution >= 0.6 is 0 Å². The van der Waals surface area contributed by atoms with E-state index in [2.05, 4.69) is 4.98 Å². The van der Waals surface area contributed by atoms with E-state index < -0.39 is 23.6 Å². The first-order valence-electron chi connectivity index (χ1n) is 6.79.